The van der Waals surface area contributed by atoms with Crippen LogP contribution in [0.4, 0.5) is 0 Å². The standard InChI is InChI=1S/C16H30N2/c1-15(2)11-8-9-16(3,10-11)14(15)18-13-6-4-12(17)5-7-13/h11-14,18H,4-10,17H2,1-3H3. The molecule has 3 N–H and O–H groups in total. The highest BCUT2D eigenvalue weighted by molar-refractivity contribution is 5.12. The Morgan fingerprint density at radius 3 is 2.22 bits per heavy atom. The van der Waals surface area contributed by atoms with E-state index in [1.165, 1.54) is 44.9 Å². The SMILES string of the molecule is CC12CCC(C1)C(C)(C)C2NC1CCC(N)CC1. The molecule has 2 heteroatoms. The molecule has 0 aromatic rings. The van der Waals surface area contributed by atoms with Crippen LogP contribution in [0.1, 0.15) is 65.7 Å². The summed E-state index contributed by atoms with van der Waals surface area (Å²) in [5, 5.41) is 4.04. The zero-order valence-electron chi connectivity index (χ0n) is 12.3. The van der Waals surface area contributed by atoms with Crippen LogP contribution < -0.4 is 11.1 Å². The van der Waals surface area contributed by atoms with Crippen molar-refractivity contribution in [3.63, 3.8) is 0 Å². The van der Waals surface area contributed by atoms with E-state index in [1.54, 1.807) is 0 Å². The molecular formula is C16H30N2. The van der Waals surface area contributed by atoms with Gasteiger partial charge in [0.2, 0.25) is 0 Å². The van der Waals surface area contributed by atoms with Crippen molar-refractivity contribution in [2.24, 2.45) is 22.5 Å². The zero-order chi connectivity index (χ0) is 13.0. The van der Waals surface area contributed by atoms with Gasteiger partial charge in [-0.25, -0.2) is 0 Å². The summed E-state index contributed by atoms with van der Waals surface area (Å²) in [6, 6.07) is 1.92. The predicted octanol–water partition coefficient (Wildman–Crippen LogP) is 3.06. The van der Waals surface area contributed by atoms with E-state index in [9.17, 15) is 0 Å². The summed E-state index contributed by atoms with van der Waals surface area (Å²) in [5.74, 6) is 0.950. The topological polar surface area (TPSA) is 38.0 Å². The van der Waals surface area contributed by atoms with Gasteiger partial charge in [0.25, 0.3) is 0 Å². The Hall–Kier alpha value is -0.0800. The molecule has 0 saturated heterocycles. The minimum atomic E-state index is 0.465. The molecule has 0 radical (unpaired) electrons. The maximum Gasteiger partial charge on any atom is 0.0177 e. The molecule has 0 heterocycles. The molecular weight excluding hydrogens is 220 g/mol. The molecule has 3 rings (SSSR count). The van der Waals surface area contributed by atoms with Crippen molar-refractivity contribution in [1.82, 2.24) is 5.32 Å². The van der Waals surface area contributed by atoms with E-state index in [4.69, 9.17) is 5.73 Å². The average molecular weight is 250 g/mol. The fourth-order valence-electron chi connectivity index (χ4n) is 5.24. The van der Waals surface area contributed by atoms with Gasteiger partial charge in [0, 0.05) is 18.1 Å². The molecule has 0 aliphatic heterocycles. The van der Waals surface area contributed by atoms with Crippen LogP contribution in [-0.4, -0.2) is 18.1 Å². The molecule has 3 saturated carbocycles. The van der Waals surface area contributed by atoms with Crippen molar-refractivity contribution in [1.29, 1.82) is 0 Å². The molecule has 18 heavy (non-hydrogen) atoms. The Morgan fingerprint density at radius 2 is 1.67 bits per heavy atom. The number of nitrogens with two attached hydrogens (primary N) is 1. The van der Waals surface area contributed by atoms with Crippen molar-refractivity contribution in [2.75, 3.05) is 0 Å². The zero-order valence-corrected chi connectivity index (χ0v) is 12.3. The first-order valence-electron chi connectivity index (χ1n) is 7.93. The van der Waals surface area contributed by atoms with E-state index in [0.29, 0.717) is 16.9 Å². The molecule has 0 spiro atoms. The smallest absolute Gasteiger partial charge is 0.0177 e. The highest BCUT2D eigenvalue weighted by atomic mass is 15.0. The number of rotatable bonds is 2. The van der Waals surface area contributed by atoms with E-state index in [2.05, 4.69) is 26.1 Å². The van der Waals surface area contributed by atoms with Crippen LogP contribution in [0.3, 0.4) is 0 Å². The van der Waals surface area contributed by atoms with Gasteiger partial charge in [-0.1, -0.05) is 20.8 Å². The molecule has 2 nitrogen and oxygen atoms in total. The second-order valence-corrected chi connectivity index (χ2v) is 8.13. The van der Waals surface area contributed by atoms with E-state index in [0.717, 1.165) is 18.0 Å². The van der Waals surface area contributed by atoms with Crippen molar-refractivity contribution >= 4 is 0 Å². The van der Waals surface area contributed by atoms with Crippen LogP contribution in [0.15, 0.2) is 0 Å². The lowest BCUT2D eigenvalue weighted by Crippen LogP contribution is -2.54. The van der Waals surface area contributed by atoms with Crippen LogP contribution >= 0.6 is 0 Å². The third-order valence-corrected chi connectivity index (χ3v) is 6.44. The number of hydrogen-bond donors (Lipinski definition) is 2. The first-order chi connectivity index (χ1) is 8.42. The van der Waals surface area contributed by atoms with Gasteiger partial charge >= 0.3 is 0 Å². The number of hydrogen-bond acceptors (Lipinski definition) is 2. The summed E-state index contributed by atoms with van der Waals surface area (Å²) in [6.45, 7) is 7.51. The molecule has 3 atom stereocenters. The summed E-state index contributed by atoms with van der Waals surface area (Å²) in [4.78, 5) is 0. The average Bonchev–Trinajstić information content (AvgIpc) is 2.78. The summed E-state index contributed by atoms with van der Waals surface area (Å²) >= 11 is 0. The maximum atomic E-state index is 6.02. The van der Waals surface area contributed by atoms with Crippen molar-refractivity contribution in [3.05, 3.63) is 0 Å². The molecule has 0 amide bonds. The Morgan fingerprint density at radius 1 is 1.00 bits per heavy atom. The number of fused-ring (bicyclic) bond motifs is 2. The molecule has 3 aliphatic carbocycles. The number of nitrogens with one attached hydrogen (secondary N) is 1. The highest BCUT2D eigenvalue weighted by Crippen LogP contribution is 2.62. The minimum Gasteiger partial charge on any atom is -0.328 e. The summed E-state index contributed by atoms with van der Waals surface area (Å²) in [7, 11) is 0. The van der Waals surface area contributed by atoms with Crippen LogP contribution in [0, 0.1) is 16.7 Å². The lowest BCUT2D eigenvalue weighted by atomic mass is 9.68. The molecule has 3 aliphatic rings. The van der Waals surface area contributed by atoms with Crippen molar-refractivity contribution < 1.29 is 0 Å². The molecule has 3 unspecified atom stereocenters. The van der Waals surface area contributed by atoms with Gasteiger partial charge in [-0.15, -0.1) is 0 Å². The van der Waals surface area contributed by atoms with Crippen LogP contribution in [-0.2, 0) is 0 Å². The summed E-state index contributed by atoms with van der Waals surface area (Å²) < 4.78 is 0. The van der Waals surface area contributed by atoms with Gasteiger partial charge in [0.05, 0.1) is 0 Å². The highest BCUT2D eigenvalue weighted by Gasteiger charge is 2.59. The first-order valence-corrected chi connectivity index (χ1v) is 7.93. The lowest BCUT2D eigenvalue weighted by molar-refractivity contribution is 0.0915. The van der Waals surface area contributed by atoms with Gasteiger partial charge in [0.15, 0.2) is 0 Å². The van der Waals surface area contributed by atoms with Gasteiger partial charge in [-0.05, 0) is 61.7 Å². The van der Waals surface area contributed by atoms with Crippen molar-refractivity contribution in [3.8, 4) is 0 Å². The Labute approximate surface area is 112 Å². The van der Waals surface area contributed by atoms with E-state index in [-0.39, 0.29) is 0 Å². The molecule has 0 aromatic heterocycles. The third-order valence-electron chi connectivity index (χ3n) is 6.44. The summed E-state index contributed by atoms with van der Waals surface area (Å²) in [6.07, 6.45) is 9.34. The fraction of sp³-hybridized carbons (Fsp3) is 1.00. The predicted molar refractivity (Wildman–Crippen MR) is 76.4 cm³/mol. The first kappa shape index (κ1) is 12.9. The van der Waals surface area contributed by atoms with Crippen LogP contribution in [0.5, 0.6) is 0 Å². The lowest BCUT2D eigenvalue weighted by Gasteiger charge is -2.46. The third kappa shape index (κ3) is 1.92. The Balaban J connectivity index is 1.68. The molecule has 3 fully saturated rings. The fourth-order valence-corrected chi connectivity index (χ4v) is 5.24. The van der Waals surface area contributed by atoms with Crippen molar-refractivity contribution in [2.45, 2.75) is 83.8 Å². The minimum absolute atomic E-state index is 0.465. The Kier molecular flexibility index (Phi) is 3.02. The Bertz CT molecular complexity index is 312. The van der Waals surface area contributed by atoms with E-state index in [1.807, 2.05) is 0 Å². The summed E-state index contributed by atoms with van der Waals surface area (Å²) in [5.41, 5.74) is 7.07. The quantitative estimate of drug-likeness (QED) is 0.790. The van der Waals surface area contributed by atoms with Gasteiger partial charge < -0.3 is 11.1 Å². The molecule has 104 valence electrons. The van der Waals surface area contributed by atoms with Crippen LogP contribution in [0.25, 0.3) is 0 Å². The monoisotopic (exact) mass is 250 g/mol. The van der Waals surface area contributed by atoms with E-state index >= 15 is 0 Å². The van der Waals surface area contributed by atoms with Crippen LogP contribution in [0.2, 0.25) is 0 Å². The normalized spacial score (nSPS) is 50.7. The second kappa shape index (κ2) is 4.21. The van der Waals surface area contributed by atoms with E-state index < -0.39 is 0 Å². The largest absolute Gasteiger partial charge is 0.328 e. The van der Waals surface area contributed by atoms with Gasteiger partial charge in [-0.2, -0.15) is 0 Å². The maximum absolute atomic E-state index is 6.02. The molecule has 2 bridgehead atoms. The molecule has 0 aromatic carbocycles. The van der Waals surface area contributed by atoms with Gasteiger partial charge in [0.1, 0.15) is 0 Å². The second-order valence-electron chi connectivity index (χ2n) is 8.13. The van der Waals surface area contributed by atoms with Gasteiger partial charge in [-0.3, -0.25) is 0 Å².